The maximum Gasteiger partial charge on any atom is 0.277 e. The Morgan fingerprint density at radius 2 is 1.68 bits per heavy atom. The summed E-state index contributed by atoms with van der Waals surface area (Å²) in [6, 6.07) is 7.92. The van der Waals surface area contributed by atoms with Crippen molar-refractivity contribution in [2.75, 3.05) is 37.7 Å². The van der Waals surface area contributed by atoms with Gasteiger partial charge in [0.2, 0.25) is 5.95 Å². The van der Waals surface area contributed by atoms with Crippen LogP contribution >= 0.6 is 0 Å². The minimum atomic E-state index is -0.889. The third-order valence-electron chi connectivity index (χ3n) is 5.75. The van der Waals surface area contributed by atoms with Gasteiger partial charge in [-0.2, -0.15) is 5.26 Å². The summed E-state index contributed by atoms with van der Waals surface area (Å²) in [6.45, 7) is 8.75. The Balaban J connectivity index is 0.00000179. The fourth-order valence-corrected chi connectivity index (χ4v) is 3.84. The largest absolute Gasteiger partial charge is 0.394 e. The Morgan fingerprint density at radius 1 is 1.13 bits per heavy atom. The molecule has 0 unspecified atom stereocenters. The molecule has 0 spiro atoms. The van der Waals surface area contributed by atoms with E-state index in [-0.39, 0.29) is 33.0 Å². The molecular weight excluding hydrogens is 511 g/mol. The molecule has 1 fully saturated rings. The van der Waals surface area contributed by atoms with Gasteiger partial charge >= 0.3 is 0 Å². The molecule has 1 aromatic heterocycles. The number of hydrogen-bond donors (Lipinski definition) is 5. The van der Waals surface area contributed by atoms with Gasteiger partial charge in [-0.15, -0.1) is 4.39 Å². The van der Waals surface area contributed by atoms with Crippen molar-refractivity contribution < 1.29 is 44.2 Å². The number of benzene rings is 1. The fraction of sp³-hybridized carbons (Fsp3) is 0.458. The van der Waals surface area contributed by atoms with Crippen LogP contribution in [0.2, 0.25) is 0 Å². The molecule has 2 aromatic rings. The van der Waals surface area contributed by atoms with E-state index in [9.17, 15) is 19.4 Å². The first kappa shape index (κ1) is 34.5. The number of aromatic nitrogens is 2. The molecule has 0 bridgehead atoms. The second kappa shape index (κ2) is 16.4. The topological polar surface area (TPSA) is 152 Å². The SMILES string of the molecule is CC(C)(C)c1ccc([C@H]([C@H](O)CO)N2CCN(c3ncc(C(=O)NO)cn3)CC2)cc1.F.F.OOC#CF. The van der Waals surface area contributed by atoms with Gasteiger partial charge in [0, 0.05) is 38.6 Å². The van der Waals surface area contributed by atoms with E-state index in [1.165, 1.54) is 24.1 Å². The summed E-state index contributed by atoms with van der Waals surface area (Å²) in [5.41, 5.74) is 3.97. The summed E-state index contributed by atoms with van der Waals surface area (Å²) in [6.07, 6.45) is 3.90. The van der Waals surface area contributed by atoms with Gasteiger partial charge in [-0.05, 0) is 16.5 Å². The van der Waals surface area contributed by atoms with Gasteiger partial charge in [0.15, 0.2) is 12.3 Å². The number of aliphatic hydroxyl groups excluding tert-OH is 2. The van der Waals surface area contributed by atoms with Crippen molar-refractivity contribution in [1.29, 1.82) is 0 Å². The Labute approximate surface area is 218 Å². The summed E-state index contributed by atoms with van der Waals surface area (Å²) in [4.78, 5) is 27.0. The number of aliphatic hydroxyl groups is 2. The molecule has 38 heavy (non-hydrogen) atoms. The van der Waals surface area contributed by atoms with Gasteiger partial charge in [0.05, 0.1) is 24.3 Å². The second-order valence-corrected chi connectivity index (χ2v) is 9.09. The lowest BCUT2D eigenvalue weighted by Gasteiger charge is -2.41. The number of hydrogen-bond acceptors (Lipinski definition) is 10. The first-order chi connectivity index (χ1) is 17.2. The highest BCUT2D eigenvalue weighted by Gasteiger charge is 2.31. The van der Waals surface area contributed by atoms with Gasteiger partial charge in [0.1, 0.15) is 0 Å². The van der Waals surface area contributed by atoms with E-state index in [1.807, 2.05) is 17.0 Å². The minimum Gasteiger partial charge on any atom is -0.394 e. The van der Waals surface area contributed by atoms with E-state index in [4.69, 9.17) is 10.5 Å². The molecule has 212 valence electrons. The van der Waals surface area contributed by atoms with E-state index < -0.39 is 12.0 Å². The number of nitrogens with zero attached hydrogens (tertiary/aromatic N) is 4. The third-order valence-corrected chi connectivity index (χ3v) is 5.75. The summed E-state index contributed by atoms with van der Waals surface area (Å²) >= 11 is 0. The standard InChI is InChI=1S/C22H31N5O4.C2HFO2.2FH/c1-22(2,3)17-6-4-15(5-7-17)19(18(29)14-28)26-8-10-27(11-9-26)21-23-12-16(13-24-21)20(30)25-31;3-1-2-5-4;;/h4-7,12-13,18-19,28-29,31H,8-11,14H2,1-3H3,(H,25,30);4H;2*1H/t18-,19-;;;/m1.../s1. The van der Waals surface area contributed by atoms with Crippen LogP contribution in [0.15, 0.2) is 36.7 Å². The van der Waals surface area contributed by atoms with Crippen LogP contribution in [0.4, 0.5) is 19.7 Å². The van der Waals surface area contributed by atoms with Crippen molar-refractivity contribution in [3.8, 4) is 12.3 Å². The number of anilines is 1. The molecule has 11 nitrogen and oxygen atoms in total. The molecule has 3 rings (SSSR count). The van der Waals surface area contributed by atoms with Crippen molar-refractivity contribution in [2.45, 2.75) is 38.3 Å². The summed E-state index contributed by atoms with van der Waals surface area (Å²) < 4.78 is 10.3. The van der Waals surface area contributed by atoms with Crippen molar-refractivity contribution in [3.05, 3.63) is 53.3 Å². The summed E-state index contributed by atoms with van der Waals surface area (Å²) in [7, 11) is 0. The predicted molar refractivity (Wildman–Crippen MR) is 134 cm³/mol. The minimum absolute atomic E-state index is 0. The highest BCUT2D eigenvalue weighted by molar-refractivity contribution is 5.92. The maximum atomic E-state index is 11.4. The number of nitrogens with one attached hydrogen (secondary N) is 1. The first-order valence-electron chi connectivity index (χ1n) is 11.2. The molecule has 1 aliphatic heterocycles. The molecule has 1 amide bonds. The van der Waals surface area contributed by atoms with Crippen LogP contribution in [0.25, 0.3) is 0 Å². The van der Waals surface area contributed by atoms with E-state index >= 15 is 0 Å². The smallest absolute Gasteiger partial charge is 0.277 e. The molecular formula is C24H34F3N5O6. The van der Waals surface area contributed by atoms with Gasteiger partial charge in [-0.3, -0.25) is 29.2 Å². The van der Waals surface area contributed by atoms with Crippen molar-refractivity contribution in [3.63, 3.8) is 0 Å². The zero-order valence-electron chi connectivity index (χ0n) is 21.2. The van der Waals surface area contributed by atoms with Crippen LogP contribution in [0.5, 0.6) is 0 Å². The Kier molecular flexibility index (Phi) is 14.9. The van der Waals surface area contributed by atoms with Crippen LogP contribution < -0.4 is 10.4 Å². The van der Waals surface area contributed by atoms with E-state index in [1.54, 1.807) is 5.48 Å². The number of rotatable bonds is 6. The van der Waals surface area contributed by atoms with Crippen molar-refractivity contribution in [2.24, 2.45) is 0 Å². The monoisotopic (exact) mass is 545 g/mol. The molecule has 5 N–H and O–H groups in total. The molecule has 1 saturated heterocycles. The van der Waals surface area contributed by atoms with Crippen molar-refractivity contribution >= 4 is 11.9 Å². The number of piperazine rings is 1. The lowest BCUT2D eigenvalue weighted by molar-refractivity contribution is -0.172. The number of hydroxylamine groups is 1. The lowest BCUT2D eigenvalue weighted by Crippen LogP contribution is -2.51. The van der Waals surface area contributed by atoms with Gasteiger partial charge in [0.25, 0.3) is 5.91 Å². The molecule has 0 saturated carbocycles. The highest BCUT2D eigenvalue weighted by Crippen LogP contribution is 2.29. The van der Waals surface area contributed by atoms with Gasteiger partial charge in [-0.1, -0.05) is 45.0 Å². The number of halogens is 3. The Hall–Kier alpha value is -3.48. The van der Waals surface area contributed by atoms with Crippen molar-refractivity contribution in [1.82, 2.24) is 20.3 Å². The Morgan fingerprint density at radius 3 is 2.08 bits per heavy atom. The summed E-state index contributed by atoms with van der Waals surface area (Å²) in [5, 5.41) is 36.0. The molecule has 14 heteroatoms. The van der Waals surface area contributed by atoms with Crippen LogP contribution in [0.1, 0.15) is 48.3 Å². The molecule has 1 aromatic carbocycles. The molecule has 0 radical (unpaired) electrons. The molecule has 2 heterocycles. The van der Waals surface area contributed by atoms with Gasteiger partial charge in [-0.25, -0.2) is 15.4 Å². The average Bonchev–Trinajstić information content (AvgIpc) is 2.89. The molecule has 0 aliphatic carbocycles. The predicted octanol–water partition coefficient (Wildman–Crippen LogP) is 1.78. The van der Waals surface area contributed by atoms with Gasteiger partial charge < -0.3 is 15.1 Å². The van der Waals surface area contributed by atoms with Crippen LogP contribution in [0, 0.1) is 12.3 Å². The second-order valence-electron chi connectivity index (χ2n) is 9.09. The fourth-order valence-electron chi connectivity index (χ4n) is 3.84. The van der Waals surface area contributed by atoms with Crippen LogP contribution in [0.3, 0.4) is 0 Å². The number of carbonyl (C=O) groups excluding carboxylic acids is 1. The zero-order valence-corrected chi connectivity index (χ0v) is 21.2. The van der Waals surface area contributed by atoms with E-state index in [0.29, 0.717) is 32.1 Å². The quantitative estimate of drug-likeness (QED) is 0.157. The summed E-state index contributed by atoms with van der Waals surface area (Å²) in [5.74, 6) is -0.155. The van der Waals surface area contributed by atoms with Crippen LogP contribution in [-0.4, -0.2) is 80.3 Å². The third kappa shape index (κ3) is 9.43. The highest BCUT2D eigenvalue weighted by atomic mass is 19.1. The maximum absolute atomic E-state index is 11.4. The lowest BCUT2D eigenvalue weighted by atomic mass is 9.85. The van der Waals surface area contributed by atoms with Crippen LogP contribution in [-0.2, 0) is 10.3 Å². The normalized spacial score (nSPS) is 14.7. The Bertz CT molecular complexity index is 1020. The molecule has 2 atom stereocenters. The van der Waals surface area contributed by atoms with E-state index in [2.05, 4.69) is 52.7 Å². The van der Waals surface area contributed by atoms with E-state index in [0.717, 1.165) is 11.7 Å². The number of carbonyl (C=O) groups is 1. The number of amides is 1. The average molecular weight is 546 g/mol. The molecule has 1 aliphatic rings. The zero-order chi connectivity index (χ0) is 26.7. The first-order valence-corrected chi connectivity index (χ1v) is 11.2.